The summed E-state index contributed by atoms with van der Waals surface area (Å²) in [6, 6.07) is 21.9. The first-order valence-electron chi connectivity index (χ1n) is 10.3. The number of carbonyl (C=O) groups is 2. The highest BCUT2D eigenvalue weighted by atomic mass is 35.5. The third-order valence-corrected chi connectivity index (χ3v) is 5.17. The van der Waals surface area contributed by atoms with Crippen LogP contribution < -0.4 is 15.4 Å². The van der Waals surface area contributed by atoms with Crippen LogP contribution in [0.5, 0.6) is 5.75 Å². The molecule has 0 atom stereocenters. The number of nitrogens with one attached hydrogen (secondary N) is 2. The van der Waals surface area contributed by atoms with Gasteiger partial charge in [-0.05, 0) is 60.9 Å². The average molecular weight is 471 g/mol. The Morgan fingerprint density at radius 2 is 1.41 bits per heavy atom. The van der Waals surface area contributed by atoms with Crippen molar-refractivity contribution in [3.8, 4) is 5.75 Å². The lowest BCUT2D eigenvalue weighted by atomic mass is 10.1. The van der Waals surface area contributed by atoms with E-state index in [0.717, 1.165) is 5.56 Å². The van der Waals surface area contributed by atoms with Crippen molar-refractivity contribution >= 4 is 46.4 Å². The van der Waals surface area contributed by atoms with Crippen LogP contribution in [0.4, 0.5) is 11.4 Å². The number of hydrogen-bond acceptors (Lipinski definition) is 3. The van der Waals surface area contributed by atoms with Crippen molar-refractivity contribution in [3.63, 3.8) is 0 Å². The molecule has 0 radical (unpaired) electrons. The first-order chi connectivity index (χ1) is 15.5. The van der Waals surface area contributed by atoms with E-state index in [1.54, 1.807) is 42.5 Å². The van der Waals surface area contributed by atoms with Crippen molar-refractivity contribution in [1.29, 1.82) is 0 Å². The molecule has 0 unspecified atom stereocenters. The normalized spacial score (nSPS) is 10.4. The van der Waals surface area contributed by atoms with Crippen LogP contribution in [0.1, 0.15) is 24.8 Å². The molecule has 0 saturated heterocycles. The number of hydrogen-bond donors (Lipinski definition) is 2. The number of aryl methyl sites for hydroxylation is 1. The maximum absolute atomic E-state index is 12.1. The van der Waals surface area contributed by atoms with Gasteiger partial charge in [0.05, 0.1) is 11.6 Å². The molecule has 3 aromatic rings. The van der Waals surface area contributed by atoms with Gasteiger partial charge in [0.2, 0.25) is 11.8 Å². The molecule has 7 heteroatoms. The van der Waals surface area contributed by atoms with Gasteiger partial charge >= 0.3 is 0 Å². The molecular weight excluding hydrogens is 447 g/mol. The number of benzene rings is 3. The summed E-state index contributed by atoms with van der Waals surface area (Å²) in [6.07, 6.45) is 1.95. The quantitative estimate of drug-likeness (QED) is 0.338. The van der Waals surface area contributed by atoms with Gasteiger partial charge < -0.3 is 15.4 Å². The van der Waals surface area contributed by atoms with E-state index < -0.39 is 0 Å². The van der Waals surface area contributed by atoms with Crippen LogP contribution in [-0.4, -0.2) is 18.4 Å². The third kappa shape index (κ3) is 7.91. The van der Waals surface area contributed by atoms with Gasteiger partial charge in [0.25, 0.3) is 0 Å². The Hall–Kier alpha value is -3.02. The second kappa shape index (κ2) is 12.1. The molecule has 0 saturated carbocycles. The second-order valence-electron chi connectivity index (χ2n) is 7.19. The van der Waals surface area contributed by atoms with Gasteiger partial charge in [-0.15, -0.1) is 0 Å². The van der Waals surface area contributed by atoms with Gasteiger partial charge in [-0.25, -0.2) is 0 Å². The Bertz CT molecular complexity index is 1040. The molecule has 0 fully saturated rings. The lowest BCUT2D eigenvalue weighted by molar-refractivity contribution is -0.117. The molecule has 0 aromatic heterocycles. The van der Waals surface area contributed by atoms with E-state index in [1.807, 2.05) is 30.3 Å². The topological polar surface area (TPSA) is 67.4 Å². The molecule has 2 amide bonds. The molecule has 0 spiro atoms. The van der Waals surface area contributed by atoms with Crippen LogP contribution in [-0.2, 0) is 16.0 Å². The Morgan fingerprint density at radius 1 is 0.781 bits per heavy atom. The summed E-state index contributed by atoms with van der Waals surface area (Å²) in [7, 11) is 0. The largest absolute Gasteiger partial charge is 0.492 e. The molecule has 166 valence electrons. The molecule has 3 rings (SSSR count). The van der Waals surface area contributed by atoms with Crippen molar-refractivity contribution < 1.29 is 14.3 Å². The van der Waals surface area contributed by atoms with Crippen molar-refractivity contribution in [3.05, 3.63) is 88.4 Å². The molecule has 0 aliphatic carbocycles. The fourth-order valence-electron chi connectivity index (χ4n) is 2.99. The zero-order valence-electron chi connectivity index (χ0n) is 17.4. The van der Waals surface area contributed by atoms with Gasteiger partial charge in [-0.3, -0.25) is 9.59 Å². The summed E-state index contributed by atoms with van der Waals surface area (Å²) >= 11 is 11.9. The summed E-state index contributed by atoms with van der Waals surface area (Å²) in [5.74, 6) is 0.375. The SMILES string of the molecule is O=C(CCCOc1ccc(Cl)cc1Cl)Nc1ccc(NC(=O)CCc2ccccc2)cc1. The average Bonchev–Trinajstić information content (AvgIpc) is 2.78. The first-order valence-corrected chi connectivity index (χ1v) is 11.1. The fourth-order valence-corrected chi connectivity index (χ4v) is 3.46. The number of ether oxygens (including phenoxy) is 1. The highest BCUT2D eigenvalue weighted by Gasteiger charge is 2.07. The van der Waals surface area contributed by atoms with Gasteiger partial charge in [0.1, 0.15) is 5.75 Å². The Balaban J connectivity index is 1.36. The van der Waals surface area contributed by atoms with Gasteiger partial charge in [-0.2, -0.15) is 0 Å². The zero-order valence-corrected chi connectivity index (χ0v) is 19.0. The number of rotatable bonds is 10. The molecule has 32 heavy (non-hydrogen) atoms. The second-order valence-corrected chi connectivity index (χ2v) is 8.03. The van der Waals surface area contributed by atoms with E-state index >= 15 is 0 Å². The van der Waals surface area contributed by atoms with Crippen LogP contribution in [0.2, 0.25) is 10.0 Å². The smallest absolute Gasteiger partial charge is 0.224 e. The molecule has 5 nitrogen and oxygen atoms in total. The van der Waals surface area contributed by atoms with E-state index in [2.05, 4.69) is 10.6 Å². The molecule has 0 aliphatic heterocycles. The van der Waals surface area contributed by atoms with Crippen molar-refractivity contribution in [2.45, 2.75) is 25.7 Å². The zero-order chi connectivity index (χ0) is 22.8. The maximum Gasteiger partial charge on any atom is 0.224 e. The molecule has 2 N–H and O–H groups in total. The maximum atomic E-state index is 12.1. The Labute approximate surface area is 197 Å². The Morgan fingerprint density at radius 3 is 2.03 bits per heavy atom. The summed E-state index contributed by atoms with van der Waals surface area (Å²) in [4.78, 5) is 24.3. The highest BCUT2D eigenvalue weighted by molar-refractivity contribution is 6.35. The van der Waals surface area contributed by atoms with E-state index in [4.69, 9.17) is 27.9 Å². The minimum absolute atomic E-state index is 0.0496. The first kappa shape index (κ1) is 23.6. The van der Waals surface area contributed by atoms with E-state index in [1.165, 1.54) is 0 Å². The van der Waals surface area contributed by atoms with Crippen LogP contribution >= 0.6 is 23.2 Å². The Kier molecular flexibility index (Phi) is 8.96. The van der Waals surface area contributed by atoms with E-state index in [0.29, 0.717) is 59.5 Å². The lowest BCUT2D eigenvalue weighted by Gasteiger charge is -2.09. The fraction of sp³-hybridized carbons (Fsp3) is 0.200. The van der Waals surface area contributed by atoms with E-state index in [9.17, 15) is 9.59 Å². The predicted octanol–water partition coefficient (Wildman–Crippen LogP) is 6.36. The van der Waals surface area contributed by atoms with Crippen LogP contribution in [0.25, 0.3) is 0 Å². The van der Waals surface area contributed by atoms with Crippen LogP contribution in [0, 0.1) is 0 Å². The van der Waals surface area contributed by atoms with Gasteiger partial charge in [-0.1, -0.05) is 53.5 Å². The minimum Gasteiger partial charge on any atom is -0.492 e. The van der Waals surface area contributed by atoms with Crippen LogP contribution in [0.15, 0.2) is 72.8 Å². The standard InChI is InChI=1S/C25H24Cl2N2O3/c26-19-9-14-23(22(27)17-19)32-16-4-7-24(30)28-20-10-12-21(13-11-20)29-25(31)15-8-18-5-2-1-3-6-18/h1-3,5-6,9-14,17H,4,7-8,15-16H2,(H,28,30)(H,29,31). The molecule has 0 aliphatic rings. The van der Waals surface area contributed by atoms with Gasteiger partial charge in [0.15, 0.2) is 0 Å². The van der Waals surface area contributed by atoms with Crippen molar-refractivity contribution in [1.82, 2.24) is 0 Å². The highest BCUT2D eigenvalue weighted by Crippen LogP contribution is 2.27. The summed E-state index contributed by atoms with van der Waals surface area (Å²) in [5.41, 5.74) is 2.48. The predicted molar refractivity (Wildman–Crippen MR) is 130 cm³/mol. The summed E-state index contributed by atoms with van der Waals surface area (Å²) in [5, 5.41) is 6.69. The minimum atomic E-state index is -0.115. The molecule has 3 aromatic carbocycles. The van der Waals surface area contributed by atoms with Crippen molar-refractivity contribution in [2.75, 3.05) is 17.2 Å². The lowest BCUT2D eigenvalue weighted by Crippen LogP contribution is -2.14. The van der Waals surface area contributed by atoms with Gasteiger partial charge in [0, 0.05) is 29.2 Å². The molecular formula is C25H24Cl2N2O3. The summed E-state index contributed by atoms with van der Waals surface area (Å²) < 4.78 is 5.58. The number of amides is 2. The molecule has 0 bridgehead atoms. The molecule has 0 heterocycles. The number of carbonyl (C=O) groups excluding carboxylic acids is 2. The number of anilines is 2. The third-order valence-electron chi connectivity index (χ3n) is 4.64. The van der Waals surface area contributed by atoms with Crippen LogP contribution in [0.3, 0.4) is 0 Å². The van der Waals surface area contributed by atoms with Crippen molar-refractivity contribution in [2.24, 2.45) is 0 Å². The summed E-state index contributed by atoms with van der Waals surface area (Å²) in [6.45, 7) is 0.364. The number of halogens is 2. The van der Waals surface area contributed by atoms with E-state index in [-0.39, 0.29) is 11.8 Å². The monoisotopic (exact) mass is 470 g/mol.